The summed E-state index contributed by atoms with van der Waals surface area (Å²) in [5.41, 5.74) is 0. The average Bonchev–Trinajstić information content (AvgIpc) is 2.11. The van der Waals surface area contributed by atoms with Crippen molar-refractivity contribution < 1.29 is 14.2 Å². The van der Waals surface area contributed by atoms with Gasteiger partial charge in [0, 0.05) is 20.6 Å². The Kier molecular flexibility index (Phi) is 8.44. The number of hydrogen-bond acceptors (Lipinski definition) is 3. The third-order valence-corrected chi connectivity index (χ3v) is 1.38. The fourth-order valence-corrected chi connectivity index (χ4v) is 0.677. The van der Waals surface area contributed by atoms with Crippen molar-refractivity contribution in [1.82, 2.24) is 0 Å². The smallest absolute Gasteiger partial charge is 0.0804 e. The number of methoxy groups -OCH3 is 2. The topological polar surface area (TPSA) is 27.7 Å². The Balaban J connectivity index is 3.12. The molecule has 0 fully saturated rings. The second-order valence-electron chi connectivity index (χ2n) is 2.24. The fraction of sp³-hybridized carbons (Fsp3) is 0.667. The van der Waals surface area contributed by atoms with E-state index in [0.29, 0.717) is 19.8 Å². The Morgan fingerprint density at radius 1 is 1.33 bits per heavy atom. The van der Waals surface area contributed by atoms with Crippen molar-refractivity contribution in [3.8, 4) is 0 Å². The van der Waals surface area contributed by atoms with Crippen LogP contribution in [0, 0.1) is 6.42 Å². The summed E-state index contributed by atoms with van der Waals surface area (Å²) in [6.07, 6.45) is 3.61. The SMILES string of the molecule is C=CC([CH]COCCOC)OC. The van der Waals surface area contributed by atoms with E-state index in [1.165, 1.54) is 0 Å². The van der Waals surface area contributed by atoms with Crippen molar-refractivity contribution in [2.24, 2.45) is 0 Å². The molecule has 0 N–H and O–H groups in total. The maximum absolute atomic E-state index is 5.20. The van der Waals surface area contributed by atoms with E-state index in [9.17, 15) is 0 Å². The lowest BCUT2D eigenvalue weighted by Crippen LogP contribution is -2.12. The first kappa shape index (κ1) is 11.6. The van der Waals surface area contributed by atoms with Gasteiger partial charge >= 0.3 is 0 Å². The molecule has 0 aromatic carbocycles. The maximum atomic E-state index is 5.20. The van der Waals surface area contributed by atoms with Gasteiger partial charge < -0.3 is 14.2 Å². The van der Waals surface area contributed by atoms with Crippen LogP contribution in [0.3, 0.4) is 0 Å². The van der Waals surface area contributed by atoms with E-state index in [4.69, 9.17) is 14.2 Å². The molecular formula is C9H17O3. The van der Waals surface area contributed by atoms with Crippen LogP contribution >= 0.6 is 0 Å². The zero-order valence-electron chi connectivity index (χ0n) is 7.79. The van der Waals surface area contributed by atoms with Crippen LogP contribution in [0.2, 0.25) is 0 Å². The Hall–Kier alpha value is -0.380. The van der Waals surface area contributed by atoms with Gasteiger partial charge in [0.1, 0.15) is 0 Å². The van der Waals surface area contributed by atoms with Gasteiger partial charge in [-0.2, -0.15) is 0 Å². The van der Waals surface area contributed by atoms with Crippen molar-refractivity contribution in [3.63, 3.8) is 0 Å². The number of ether oxygens (including phenoxy) is 3. The van der Waals surface area contributed by atoms with Gasteiger partial charge in [-0.15, -0.1) is 6.58 Å². The highest BCUT2D eigenvalue weighted by atomic mass is 16.5. The molecule has 0 bridgehead atoms. The second kappa shape index (κ2) is 8.71. The minimum absolute atomic E-state index is 0.0208. The molecule has 71 valence electrons. The highest BCUT2D eigenvalue weighted by Gasteiger charge is 2.00. The third kappa shape index (κ3) is 6.34. The largest absolute Gasteiger partial charge is 0.382 e. The molecule has 1 unspecified atom stereocenters. The Morgan fingerprint density at radius 3 is 2.58 bits per heavy atom. The lowest BCUT2D eigenvalue weighted by molar-refractivity contribution is 0.0691. The Morgan fingerprint density at radius 2 is 2.08 bits per heavy atom. The van der Waals surface area contributed by atoms with Crippen LogP contribution in [-0.2, 0) is 14.2 Å². The minimum Gasteiger partial charge on any atom is -0.382 e. The first-order valence-electron chi connectivity index (χ1n) is 3.90. The van der Waals surface area contributed by atoms with E-state index in [0.717, 1.165) is 0 Å². The predicted molar refractivity (Wildman–Crippen MR) is 48.0 cm³/mol. The van der Waals surface area contributed by atoms with Crippen LogP contribution in [0.1, 0.15) is 0 Å². The molecule has 0 spiro atoms. The van der Waals surface area contributed by atoms with Crippen molar-refractivity contribution in [2.75, 3.05) is 34.0 Å². The van der Waals surface area contributed by atoms with E-state index in [2.05, 4.69) is 6.58 Å². The van der Waals surface area contributed by atoms with Crippen molar-refractivity contribution >= 4 is 0 Å². The zero-order chi connectivity index (χ0) is 9.23. The maximum Gasteiger partial charge on any atom is 0.0804 e. The van der Waals surface area contributed by atoms with Crippen LogP contribution in [-0.4, -0.2) is 40.1 Å². The summed E-state index contributed by atoms with van der Waals surface area (Å²) >= 11 is 0. The van der Waals surface area contributed by atoms with Crippen molar-refractivity contribution in [3.05, 3.63) is 19.1 Å². The molecule has 0 aliphatic carbocycles. The molecule has 0 aromatic rings. The number of hydrogen-bond donors (Lipinski definition) is 0. The average molecular weight is 173 g/mol. The molecule has 0 rings (SSSR count). The highest BCUT2D eigenvalue weighted by molar-refractivity contribution is 4.90. The molecule has 1 radical (unpaired) electrons. The van der Waals surface area contributed by atoms with Gasteiger partial charge in [-0.25, -0.2) is 0 Å². The van der Waals surface area contributed by atoms with Gasteiger partial charge in [-0.3, -0.25) is 0 Å². The zero-order valence-corrected chi connectivity index (χ0v) is 7.79. The molecule has 1 atom stereocenters. The summed E-state index contributed by atoms with van der Waals surface area (Å²) in [5.74, 6) is 0. The van der Waals surface area contributed by atoms with Crippen LogP contribution < -0.4 is 0 Å². The van der Waals surface area contributed by atoms with Crippen molar-refractivity contribution in [2.45, 2.75) is 6.10 Å². The molecule has 3 heteroatoms. The molecule has 0 aromatic heterocycles. The van der Waals surface area contributed by atoms with Crippen LogP contribution in [0.25, 0.3) is 0 Å². The van der Waals surface area contributed by atoms with Gasteiger partial charge in [-0.05, 0) is 0 Å². The fourth-order valence-electron chi connectivity index (χ4n) is 0.677. The summed E-state index contributed by atoms with van der Waals surface area (Å²) < 4.78 is 15.0. The molecule has 0 aliphatic rings. The van der Waals surface area contributed by atoms with E-state index in [-0.39, 0.29) is 6.10 Å². The lowest BCUT2D eigenvalue weighted by Gasteiger charge is -2.09. The van der Waals surface area contributed by atoms with E-state index >= 15 is 0 Å². The second-order valence-corrected chi connectivity index (χ2v) is 2.24. The highest BCUT2D eigenvalue weighted by Crippen LogP contribution is 1.96. The summed E-state index contributed by atoms with van der Waals surface area (Å²) in [4.78, 5) is 0. The summed E-state index contributed by atoms with van der Waals surface area (Å²) in [7, 11) is 3.28. The van der Waals surface area contributed by atoms with Gasteiger partial charge in [0.15, 0.2) is 0 Å². The summed E-state index contributed by atoms with van der Waals surface area (Å²) in [5, 5.41) is 0. The van der Waals surface area contributed by atoms with E-state index in [1.54, 1.807) is 20.3 Å². The van der Waals surface area contributed by atoms with Gasteiger partial charge in [0.05, 0.1) is 25.9 Å². The van der Waals surface area contributed by atoms with Crippen LogP contribution in [0.5, 0.6) is 0 Å². The molecule has 0 saturated carbocycles. The van der Waals surface area contributed by atoms with Crippen LogP contribution in [0.4, 0.5) is 0 Å². The summed E-state index contributed by atoms with van der Waals surface area (Å²) in [6.45, 7) is 5.41. The molecule has 0 heterocycles. The van der Waals surface area contributed by atoms with Gasteiger partial charge in [0.25, 0.3) is 0 Å². The van der Waals surface area contributed by atoms with Crippen molar-refractivity contribution in [1.29, 1.82) is 0 Å². The van der Waals surface area contributed by atoms with Gasteiger partial charge in [-0.1, -0.05) is 6.08 Å². The first-order chi connectivity index (χ1) is 5.85. The van der Waals surface area contributed by atoms with Crippen LogP contribution in [0.15, 0.2) is 12.7 Å². The Labute approximate surface area is 74.3 Å². The molecule has 3 nitrogen and oxygen atoms in total. The van der Waals surface area contributed by atoms with E-state index < -0.39 is 0 Å². The molecule has 0 aliphatic heterocycles. The first-order valence-corrected chi connectivity index (χ1v) is 3.90. The molecular weight excluding hydrogens is 156 g/mol. The normalized spacial score (nSPS) is 12.8. The quantitative estimate of drug-likeness (QED) is 0.405. The molecule has 0 saturated heterocycles. The minimum atomic E-state index is -0.0208. The molecule has 0 amide bonds. The monoisotopic (exact) mass is 173 g/mol. The van der Waals surface area contributed by atoms with E-state index in [1.807, 2.05) is 6.42 Å². The lowest BCUT2D eigenvalue weighted by atomic mass is 10.2. The summed E-state index contributed by atoms with van der Waals surface area (Å²) in [6, 6.07) is 0. The predicted octanol–water partition coefficient (Wildman–Crippen LogP) is 1.05. The molecule has 12 heavy (non-hydrogen) atoms. The number of rotatable bonds is 8. The third-order valence-electron chi connectivity index (χ3n) is 1.38. The standard InChI is InChI=1S/C9H17O3/c1-4-9(11-3)5-6-12-8-7-10-2/h4-5,9H,1,6-8H2,2-3H3. The van der Waals surface area contributed by atoms with Gasteiger partial charge in [0.2, 0.25) is 0 Å². The Bertz CT molecular complexity index is 104.